The molecule has 0 aliphatic rings. The minimum absolute atomic E-state index is 0.144. The maximum Gasteiger partial charge on any atom is 0.229 e. The van der Waals surface area contributed by atoms with E-state index in [0.29, 0.717) is 5.56 Å². The number of nitrogens with one attached hydrogen (secondary N) is 1. The maximum absolute atomic E-state index is 11.1. The van der Waals surface area contributed by atoms with Crippen LogP contribution in [-0.2, 0) is 14.8 Å². The fraction of sp³-hybridized carbons (Fsp3) is 0.273. The van der Waals surface area contributed by atoms with E-state index >= 15 is 0 Å². The third kappa shape index (κ3) is 3.46. The van der Waals surface area contributed by atoms with Crippen molar-refractivity contribution in [2.75, 3.05) is 11.0 Å². The van der Waals surface area contributed by atoms with Crippen molar-refractivity contribution in [3.8, 4) is 6.07 Å². The number of hydrogen-bond acceptors (Lipinski definition) is 4. The fourth-order valence-corrected chi connectivity index (χ4v) is 1.95. The predicted octanol–water partition coefficient (Wildman–Crippen LogP) is 0.519. The van der Waals surface area contributed by atoms with Crippen LogP contribution in [0.3, 0.4) is 0 Å². The summed E-state index contributed by atoms with van der Waals surface area (Å²) in [5, 5.41) is 8.96. The number of nitriles is 1. The molecule has 96 valence electrons. The first-order chi connectivity index (χ1) is 8.24. The highest BCUT2D eigenvalue weighted by molar-refractivity contribution is 7.92. The van der Waals surface area contributed by atoms with Gasteiger partial charge in [0, 0.05) is 0 Å². The van der Waals surface area contributed by atoms with E-state index < -0.39 is 21.8 Å². The summed E-state index contributed by atoms with van der Waals surface area (Å²) in [6.45, 7) is 1.61. The number of nitrogens with two attached hydrogens (primary N) is 1. The lowest BCUT2D eigenvalue weighted by Crippen LogP contribution is -2.19. The lowest BCUT2D eigenvalue weighted by molar-refractivity contribution is -0.119. The van der Waals surface area contributed by atoms with Crippen LogP contribution in [0.5, 0.6) is 0 Å². The SMILES string of the molecule is CC(C(N)=O)c1ccc(NS(C)(=O)=O)c(C#N)c1. The molecule has 3 N–H and O–H groups in total. The van der Waals surface area contributed by atoms with Gasteiger partial charge < -0.3 is 5.73 Å². The summed E-state index contributed by atoms with van der Waals surface area (Å²) in [5.41, 5.74) is 6.06. The molecular formula is C11H13N3O3S. The zero-order valence-electron chi connectivity index (χ0n) is 9.97. The van der Waals surface area contributed by atoms with Crippen molar-refractivity contribution in [1.82, 2.24) is 0 Å². The van der Waals surface area contributed by atoms with Crippen LogP contribution in [0.4, 0.5) is 5.69 Å². The molecule has 7 heteroatoms. The van der Waals surface area contributed by atoms with Crippen LogP contribution in [0.2, 0.25) is 0 Å². The molecule has 0 aliphatic heterocycles. The standard InChI is InChI=1S/C11H13N3O3S/c1-7(11(13)15)8-3-4-10(9(5-8)6-12)14-18(2,16)17/h3-5,7,14H,1-2H3,(H2,13,15). The van der Waals surface area contributed by atoms with Crippen molar-refractivity contribution in [1.29, 1.82) is 5.26 Å². The monoisotopic (exact) mass is 267 g/mol. The summed E-state index contributed by atoms with van der Waals surface area (Å²) in [7, 11) is -3.45. The number of sulfonamides is 1. The van der Waals surface area contributed by atoms with Gasteiger partial charge in [0.15, 0.2) is 0 Å². The van der Waals surface area contributed by atoms with Crippen molar-refractivity contribution in [2.45, 2.75) is 12.8 Å². The van der Waals surface area contributed by atoms with Gasteiger partial charge in [0.05, 0.1) is 23.4 Å². The second-order valence-corrected chi connectivity index (χ2v) is 5.66. The molecule has 1 amide bonds. The molecule has 6 nitrogen and oxygen atoms in total. The van der Waals surface area contributed by atoms with Gasteiger partial charge in [0.2, 0.25) is 15.9 Å². The minimum Gasteiger partial charge on any atom is -0.369 e. The van der Waals surface area contributed by atoms with E-state index in [0.717, 1.165) is 6.26 Å². The molecule has 18 heavy (non-hydrogen) atoms. The highest BCUT2D eigenvalue weighted by Gasteiger charge is 2.14. The molecular weight excluding hydrogens is 254 g/mol. The number of carbonyl (C=O) groups excluding carboxylic acids is 1. The number of amides is 1. The Morgan fingerprint density at radius 3 is 2.56 bits per heavy atom. The van der Waals surface area contributed by atoms with Crippen LogP contribution in [0.15, 0.2) is 18.2 Å². The van der Waals surface area contributed by atoms with E-state index in [1.807, 2.05) is 6.07 Å². The molecule has 0 radical (unpaired) electrons. The molecule has 0 saturated heterocycles. The Balaban J connectivity index is 3.21. The summed E-state index contributed by atoms with van der Waals surface area (Å²) in [4.78, 5) is 11.0. The van der Waals surface area contributed by atoms with Gasteiger partial charge in [-0.1, -0.05) is 6.07 Å². The second kappa shape index (κ2) is 5.06. The largest absolute Gasteiger partial charge is 0.369 e. The highest BCUT2D eigenvalue weighted by Crippen LogP contribution is 2.22. The van der Waals surface area contributed by atoms with Gasteiger partial charge >= 0.3 is 0 Å². The second-order valence-electron chi connectivity index (χ2n) is 3.92. The molecule has 0 saturated carbocycles. The Morgan fingerprint density at radius 1 is 1.50 bits per heavy atom. The summed E-state index contributed by atoms with van der Waals surface area (Å²) in [6, 6.07) is 6.32. The molecule has 0 fully saturated rings. The van der Waals surface area contributed by atoms with Gasteiger partial charge in [-0.2, -0.15) is 5.26 Å². The average Bonchev–Trinajstić information content (AvgIpc) is 2.26. The lowest BCUT2D eigenvalue weighted by Gasteiger charge is -2.11. The van der Waals surface area contributed by atoms with Gasteiger partial charge in [-0.05, 0) is 24.6 Å². The van der Waals surface area contributed by atoms with Gasteiger partial charge in [-0.15, -0.1) is 0 Å². The van der Waals surface area contributed by atoms with E-state index in [2.05, 4.69) is 4.72 Å². The highest BCUT2D eigenvalue weighted by atomic mass is 32.2. The zero-order chi connectivity index (χ0) is 13.9. The molecule has 0 bridgehead atoms. The molecule has 0 aliphatic carbocycles. The Morgan fingerprint density at radius 2 is 2.11 bits per heavy atom. The van der Waals surface area contributed by atoms with Crippen LogP contribution < -0.4 is 10.5 Å². The molecule has 0 spiro atoms. The van der Waals surface area contributed by atoms with E-state index in [9.17, 15) is 13.2 Å². The molecule has 1 atom stereocenters. The van der Waals surface area contributed by atoms with Crippen LogP contribution in [0.25, 0.3) is 0 Å². The third-order valence-corrected chi connectivity index (χ3v) is 2.98. The third-order valence-electron chi connectivity index (χ3n) is 2.39. The summed E-state index contributed by atoms with van der Waals surface area (Å²) in [5.74, 6) is -1.05. The first kappa shape index (κ1) is 14.0. The van der Waals surface area contributed by atoms with Crippen LogP contribution in [-0.4, -0.2) is 20.6 Å². The number of rotatable bonds is 4. The van der Waals surface area contributed by atoms with Gasteiger partial charge in [0.1, 0.15) is 6.07 Å². The Bertz CT molecular complexity index is 617. The maximum atomic E-state index is 11.1. The van der Waals surface area contributed by atoms with Crippen molar-refractivity contribution in [2.24, 2.45) is 5.73 Å². The number of primary amides is 1. The molecule has 0 heterocycles. The number of hydrogen-bond donors (Lipinski definition) is 2. The minimum atomic E-state index is -3.45. The molecule has 1 unspecified atom stereocenters. The van der Waals surface area contributed by atoms with Crippen LogP contribution in [0.1, 0.15) is 24.0 Å². The van der Waals surface area contributed by atoms with E-state index in [-0.39, 0.29) is 11.3 Å². The quantitative estimate of drug-likeness (QED) is 0.827. The zero-order valence-corrected chi connectivity index (χ0v) is 10.8. The van der Waals surface area contributed by atoms with Crippen molar-refractivity contribution in [3.05, 3.63) is 29.3 Å². The van der Waals surface area contributed by atoms with Gasteiger partial charge in [-0.25, -0.2) is 8.42 Å². The number of nitrogens with zero attached hydrogens (tertiary/aromatic N) is 1. The Hall–Kier alpha value is -2.07. The topological polar surface area (TPSA) is 113 Å². The van der Waals surface area contributed by atoms with Crippen molar-refractivity contribution >= 4 is 21.6 Å². The van der Waals surface area contributed by atoms with Gasteiger partial charge in [0.25, 0.3) is 0 Å². The summed E-state index contributed by atoms with van der Waals surface area (Å²) < 4.78 is 24.4. The molecule has 0 aromatic heterocycles. The van der Waals surface area contributed by atoms with Crippen molar-refractivity contribution in [3.63, 3.8) is 0 Å². The van der Waals surface area contributed by atoms with E-state index in [1.54, 1.807) is 13.0 Å². The lowest BCUT2D eigenvalue weighted by atomic mass is 9.98. The van der Waals surface area contributed by atoms with E-state index in [4.69, 9.17) is 11.0 Å². The first-order valence-corrected chi connectivity index (χ1v) is 6.95. The van der Waals surface area contributed by atoms with Crippen molar-refractivity contribution < 1.29 is 13.2 Å². The Kier molecular flexibility index (Phi) is 3.93. The molecule has 1 rings (SSSR count). The van der Waals surface area contributed by atoms with Crippen LogP contribution in [0, 0.1) is 11.3 Å². The smallest absolute Gasteiger partial charge is 0.229 e. The Labute approximate surface area is 105 Å². The number of anilines is 1. The summed E-state index contributed by atoms with van der Waals surface area (Å²) in [6.07, 6.45) is 0.994. The molecule has 1 aromatic carbocycles. The molecule has 1 aromatic rings. The number of carbonyl (C=O) groups is 1. The predicted molar refractivity (Wildman–Crippen MR) is 67.2 cm³/mol. The summed E-state index contributed by atoms with van der Waals surface area (Å²) >= 11 is 0. The normalized spacial score (nSPS) is 12.5. The van der Waals surface area contributed by atoms with Gasteiger partial charge in [-0.3, -0.25) is 9.52 Å². The number of benzene rings is 1. The van der Waals surface area contributed by atoms with E-state index in [1.165, 1.54) is 12.1 Å². The average molecular weight is 267 g/mol. The first-order valence-electron chi connectivity index (χ1n) is 5.05. The fourth-order valence-electron chi connectivity index (χ4n) is 1.38. The van der Waals surface area contributed by atoms with Crippen LogP contribution >= 0.6 is 0 Å².